The van der Waals surface area contributed by atoms with Crippen LogP contribution in [0.25, 0.3) is 0 Å². The number of methoxy groups -OCH3 is 1. The van der Waals surface area contributed by atoms with Crippen LogP contribution in [0.5, 0.6) is 17.2 Å². The van der Waals surface area contributed by atoms with E-state index in [0.717, 1.165) is 16.9 Å². The van der Waals surface area contributed by atoms with Crippen molar-refractivity contribution in [1.29, 1.82) is 0 Å². The highest BCUT2D eigenvalue weighted by Crippen LogP contribution is 2.40. The fourth-order valence-corrected chi connectivity index (χ4v) is 2.89. The Morgan fingerprint density at radius 3 is 2.13 bits per heavy atom. The highest BCUT2D eigenvalue weighted by molar-refractivity contribution is 6.37. The van der Waals surface area contributed by atoms with Gasteiger partial charge in [0.15, 0.2) is 5.75 Å². The van der Waals surface area contributed by atoms with Gasteiger partial charge in [-0.1, -0.05) is 44.0 Å². The van der Waals surface area contributed by atoms with Crippen LogP contribution in [-0.2, 0) is 12.0 Å². The topological polar surface area (TPSA) is 44.5 Å². The molecule has 0 bridgehead atoms. The number of rotatable bonds is 4. The van der Waals surface area contributed by atoms with Gasteiger partial charge in [0.2, 0.25) is 0 Å². The minimum atomic E-state index is -0.0816. The van der Waals surface area contributed by atoms with E-state index in [-0.39, 0.29) is 5.41 Å². The molecule has 2 aromatic rings. The second kappa shape index (κ2) is 7.00. The van der Waals surface area contributed by atoms with Crippen molar-refractivity contribution in [2.75, 3.05) is 7.11 Å². The van der Waals surface area contributed by atoms with Crippen molar-refractivity contribution in [3.05, 3.63) is 51.5 Å². The van der Waals surface area contributed by atoms with E-state index < -0.39 is 0 Å². The Bertz CT molecular complexity index is 686. The maximum absolute atomic E-state index is 6.26. The third kappa shape index (κ3) is 4.11. The summed E-state index contributed by atoms with van der Waals surface area (Å²) in [5.41, 5.74) is 7.44. The van der Waals surface area contributed by atoms with E-state index in [1.807, 2.05) is 18.2 Å². The summed E-state index contributed by atoms with van der Waals surface area (Å²) in [6.07, 6.45) is 0. The van der Waals surface area contributed by atoms with Gasteiger partial charge in [0.25, 0.3) is 0 Å². The van der Waals surface area contributed by atoms with E-state index in [2.05, 4.69) is 20.8 Å². The lowest BCUT2D eigenvalue weighted by atomic mass is 9.86. The van der Waals surface area contributed by atoms with Gasteiger partial charge in [-0.15, -0.1) is 0 Å². The van der Waals surface area contributed by atoms with Gasteiger partial charge in [-0.05, 0) is 41.3 Å². The van der Waals surface area contributed by atoms with Crippen molar-refractivity contribution < 1.29 is 9.47 Å². The molecule has 3 nitrogen and oxygen atoms in total. The molecule has 5 heteroatoms. The molecule has 0 saturated carbocycles. The van der Waals surface area contributed by atoms with Crippen molar-refractivity contribution in [2.24, 2.45) is 5.73 Å². The van der Waals surface area contributed by atoms with Crippen molar-refractivity contribution in [3.8, 4) is 17.2 Å². The van der Waals surface area contributed by atoms with Gasteiger partial charge >= 0.3 is 0 Å². The molecular formula is C18H21Cl2NO2. The molecule has 0 aliphatic rings. The Kier molecular flexibility index (Phi) is 5.45. The summed E-state index contributed by atoms with van der Waals surface area (Å²) in [6, 6.07) is 9.18. The number of ether oxygens (including phenoxy) is 2. The van der Waals surface area contributed by atoms with E-state index in [1.54, 1.807) is 19.2 Å². The Morgan fingerprint density at radius 2 is 1.65 bits per heavy atom. The van der Waals surface area contributed by atoms with Crippen molar-refractivity contribution in [1.82, 2.24) is 0 Å². The summed E-state index contributed by atoms with van der Waals surface area (Å²) in [4.78, 5) is 0. The van der Waals surface area contributed by atoms with E-state index in [4.69, 9.17) is 38.4 Å². The second-order valence-corrected chi connectivity index (χ2v) is 7.12. The number of nitrogens with two attached hydrogens (primary N) is 1. The fraction of sp³-hybridized carbons (Fsp3) is 0.333. The van der Waals surface area contributed by atoms with E-state index in [1.165, 1.54) is 0 Å². The average Bonchev–Trinajstić information content (AvgIpc) is 2.49. The Morgan fingerprint density at radius 1 is 1.04 bits per heavy atom. The zero-order valence-electron chi connectivity index (χ0n) is 13.7. The molecule has 0 spiro atoms. The summed E-state index contributed by atoms with van der Waals surface area (Å²) in [5.74, 6) is 1.90. The monoisotopic (exact) mass is 353 g/mol. The molecule has 0 radical (unpaired) electrons. The van der Waals surface area contributed by atoms with Gasteiger partial charge < -0.3 is 15.2 Å². The zero-order valence-corrected chi connectivity index (χ0v) is 15.3. The predicted octanol–water partition coefficient (Wildman–Crippen LogP) is 5.55. The lowest BCUT2D eigenvalue weighted by Crippen LogP contribution is -2.12. The van der Waals surface area contributed by atoms with Crippen LogP contribution in [-0.4, -0.2) is 7.11 Å². The molecule has 0 aliphatic carbocycles. The first-order chi connectivity index (χ1) is 10.8. The average molecular weight is 354 g/mol. The highest BCUT2D eigenvalue weighted by atomic mass is 35.5. The molecule has 0 heterocycles. The van der Waals surface area contributed by atoms with Gasteiger partial charge in [-0.2, -0.15) is 0 Å². The van der Waals surface area contributed by atoms with E-state index >= 15 is 0 Å². The molecule has 0 aromatic heterocycles. The van der Waals surface area contributed by atoms with Gasteiger partial charge in [0, 0.05) is 12.1 Å². The number of hydrogen-bond acceptors (Lipinski definition) is 3. The number of halogens is 2. The highest BCUT2D eigenvalue weighted by Gasteiger charge is 2.20. The molecule has 124 valence electrons. The summed E-state index contributed by atoms with van der Waals surface area (Å²) < 4.78 is 11.3. The van der Waals surface area contributed by atoms with Crippen LogP contribution in [0.1, 0.15) is 31.9 Å². The fourth-order valence-electron chi connectivity index (χ4n) is 2.28. The summed E-state index contributed by atoms with van der Waals surface area (Å²) in [7, 11) is 1.66. The first-order valence-corrected chi connectivity index (χ1v) is 8.06. The van der Waals surface area contributed by atoms with Gasteiger partial charge in [0.05, 0.1) is 17.2 Å². The van der Waals surface area contributed by atoms with Crippen LogP contribution in [0.3, 0.4) is 0 Å². The Hall–Kier alpha value is -1.42. The molecule has 0 fully saturated rings. The molecular weight excluding hydrogens is 333 g/mol. The van der Waals surface area contributed by atoms with E-state index in [9.17, 15) is 0 Å². The molecule has 2 rings (SSSR count). The molecule has 2 aromatic carbocycles. The lowest BCUT2D eigenvalue weighted by Gasteiger charge is -2.23. The van der Waals surface area contributed by atoms with Crippen LogP contribution < -0.4 is 15.2 Å². The van der Waals surface area contributed by atoms with Crippen LogP contribution in [0.2, 0.25) is 10.0 Å². The first kappa shape index (κ1) is 17.9. The summed E-state index contributed by atoms with van der Waals surface area (Å²) >= 11 is 12.5. The third-order valence-electron chi connectivity index (χ3n) is 3.49. The SMILES string of the molecule is COc1ccc(Oc2c(Cl)cc(CN)cc2Cl)cc1C(C)(C)C. The number of benzene rings is 2. The van der Waals surface area contributed by atoms with Crippen LogP contribution in [0.4, 0.5) is 0 Å². The van der Waals surface area contributed by atoms with Gasteiger partial charge in [-0.25, -0.2) is 0 Å². The van der Waals surface area contributed by atoms with Crippen LogP contribution >= 0.6 is 23.2 Å². The third-order valence-corrected chi connectivity index (χ3v) is 4.05. The van der Waals surface area contributed by atoms with Crippen LogP contribution in [0, 0.1) is 0 Å². The predicted molar refractivity (Wildman–Crippen MR) is 96.1 cm³/mol. The smallest absolute Gasteiger partial charge is 0.164 e. The van der Waals surface area contributed by atoms with Gasteiger partial charge in [0.1, 0.15) is 11.5 Å². The van der Waals surface area contributed by atoms with Crippen molar-refractivity contribution in [2.45, 2.75) is 32.7 Å². The molecule has 2 N–H and O–H groups in total. The zero-order chi connectivity index (χ0) is 17.2. The molecule has 23 heavy (non-hydrogen) atoms. The molecule has 0 aliphatic heterocycles. The Balaban J connectivity index is 2.42. The largest absolute Gasteiger partial charge is 0.496 e. The molecule has 0 unspecified atom stereocenters. The number of hydrogen-bond donors (Lipinski definition) is 1. The van der Waals surface area contributed by atoms with Gasteiger partial charge in [-0.3, -0.25) is 0 Å². The summed E-state index contributed by atoms with van der Waals surface area (Å²) in [5, 5.41) is 0.872. The lowest BCUT2D eigenvalue weighted by molar-refractivity contribution is 0.394. The van der Waals surface area contributed by atoms with Crippen molar-refractivity contribution >= 4 is 23.2 Å². The molecule has 0 amide bonds. The van der Waals surface area contributed by atoms with Crippen molar-refractivity contribution in [3.63, 3.8) is 0 Å². The Labute approximate surface area is 147 Å². The first-order valence-electron chi connectivity index (χ1n) is 7.30. The molecule has 0 atom stereocenters. The minimum Gasteiger partial charge on any atom is -0.496 e. The standard InChI is InChI=1S/C18H21Cl2NO2/c1-18(2,3)13-9-12(5-6-16(13)22-4)23-17-14(19)7-11(10-21)8-15(17)20/h5-9H,10,21H2,1-4H3. The normalized spacial score (nSPS) is 11.4. The quantitative estimate of drug-likeness (QED) is 0.783. The second-order valence-electron chi connectivity index (χ2n) is 6.31. The maximum Gasteiger partial charge on any atom is 0.164 e. The minimum absolute atomic E-state index is 0.0816. The molecule has 0 saturated heterocycles. The maximum atomic E-state index is 6.26. The van der Waals surface area contributed by atoms with E-state index in [0.29, 0.717) is 28.1 Å². The van der Waals surface area contributed by atoms with Crippen LogP contribution in [0.15, 0.2) is 30.3 Å². The summed E-state index contributed by atoms with van der Waals surface area (Å²) in [6.45, 7) is 6.72.